The van der Waals surface area contributed by atoms with Gasteiger partial charge in [-0.05, 0) is 25.0 Å². The summed E-state index contributed by atoms with van der Waals surface area (Å²) in [4.78, 5) is 12.6. The zero-order valence-corrected chi connectivity index (χ0v) is 9.43. The molecule has 1 fully saturated rings. The lowest BCUT2D eigenvalue weighted by molar-refractivity contribution is -0.122. The summed E-state index contributed by atoms with van der Waals surface area (Å²) in [6, 6.07) is 10.3. The van der Waals surface area contributed by atoms with Crippen LogP contribution in [0.2, 0.25) is 0 Å². The highest BCUT2D eigenvalue weighted by Crippen LogP contribution is 2.28. The van der Waals surface area contributed by atoms with Crippen molar-refractivity contribution in [2.75, 3.05) is 12.3 Å². The summed E-state index contributed by atoms with van der Waals surface area (Å²) in [5.74, 6) is 1.51. The maximum absolute atomic E-state index is 11.3. The van der Waals surface area contributed by atoms with Crippen LogP contribution in [-0.4, -0.2) is 18.2 Å². The van der Waals surface area contributed by atoms with E-state index in [0.29, 0.717) is 5.92 Å². The van der Waals surface area contributed by atoms with Gasteiger partial charge in [-0.25, -0.2) is 0 Å². The van der Waals surface area contributed by atoms with Gasteiger partial charge in [0.15, 0.2) is 0 Å². The molecule has 15 heavy (non-hydrogen) atoms. The minimum atomic E-state index is 0.240. The number of rotatable bonds is 5. The fourth-order valence-electron chi connectivity index (χ4n) is 1.35. The van der Waals surface area contributed by atoms with Gasteiger partial charge in [-0.15, -0.1) is 11.8 Å². The highest BCUT2D eigenvalue weighted by molar-refractivity contribution is 7.99. The summed E-state index contributed by atoms with van der Waals surface area (Å²) in [5.41, 5.74) is 0. The molecule has 0 bridgehead atoms. The van der Waals surface area contributed by atoms with Gasteiger partial charge in [0.05, 0.1) is 0 Å². The second-order valence-electron chi connectivity index (χ2n) is 3.73. The molecule has 2 rings (SSSR count). The average molecular weight is 221 g/mol. The normalized spacial score (nSPS) is 14.9. The molecule has 3 heteroatoms. The molecular weight excluding hydrogens is 206 g/mol. The van der Waals surface area contributed by atoms with Crippen LogP contribution in [0.25, 0.3) is 0 Å². The lowest BCUT2D eigenvalue weighted by atomic mass is 10.4. The van der Waals surface area contributed by atoms with Crippen molar-refractivity contribution in [2.24, 2.45) is 5.92 Å². The first kappa shape index (κ1) is 10.6. The predicted octanol–water partition coefficient (Wildman–Crippen LogP) is 2.30. The number of hydrogen-bond donors (Lipinski definition) is 1. The van der Waals surface area contributed by atoms with E-state index in [9.17, 15) is 4.79 Å². The molecule has 1 aromatic rings. The third kappa shape index (κ3) is 3.59. The van der Waals surface area contributed by atoms with E-state index in [1.54, 1.807) is 11.8 Å². The first-order chi connectivity index (χ1) is 7.36. The second-order valence-corrected chi connectivity index (χ2v) is 4.90. The van der Waals surface area contributed by atoms with Crippen molar-refractivity contribution in [1.29, 1.82) is 0 Å². The Morgan fingerprint density at radius 1 is 1.33 bits per heavy atom. The van der Waals surface area contributed by atoms with Crippen molar-refractivity contribution >= 4 is 17.7 Å². The summed E-state index contributed by atoms with van der Waals surface area (Å²) in [6.45, 7) is 0.773. The standard InChI is InChI=1S/C12H15NOS/c14-12(10-6-7-10)13-8-9-15-11-4-2-1-3-5-11/h1-5,10H,6-9H2,(H,13,14). The Balaban J connectivity index is 1.60. The lowest BCUT2D eigenvalue weighted by Crippen LogP contribution is -2.26. The van der Waals surface area contributed by atoms with Crippen LogP contribution < -0.4 is 5.32 Å². The van der Waals surface area contributed by atoms with E-state index in [2.05, 4.69) is 17.4 Å². The first-order valence-corrected chi connectivity index (χ1v) is 6.30. The molecule has 0 aliphatic heterocycles. The van der Waals surface area contributed by atoms with Crippen LogP contribution in [0.4, 0.5) is 0 Å². The Bertz CT molecular complexity index is 322. The SMILES string of the molecule is O=C(NCCSc1ccccc1)C1CC1. The third-order valence-electron chi connectivity index (χ3n) is 2.36. The number of amides is 1. The van der Waals surface area contributed by atoms with Gasteiger partial charge in [0.1, 0.15) is 0 Å². The summed E-state index contributed by atoms with van der Waals surface area (Å²) < 4.78 is 0. The van der Waals surface area contributed by atoms with Crippen molar-refractivity contribution in [1.82, 2.24) is 5.32 Å². The molecule has 80 valence electrons. The smallest absolute Gasteiger partial charge is 0.223 e. The molecule has 0 aromatic heterocycles. The van der Waals surface area contributed by atoms with E-state index < -0.39 is 0 Å². The van der Waals surface area contributed by atoms with E-state index in [4.69, 9.17) is 0 Å². The Labute approximate surface area is 94.4 Å². The van der Waals surface area contributed by atoms with Gasteiger partial charge in [0.2, 0.25) is 5.91 Å². The van der Waals surface area contributed by atoms with Gasteiger partial charge in [0, 0.05) is 23.1 Å². The van der Waals surface area contributed by atoms with Crippen LogP contribution in [-0.2, 0) is 4.79 Å². The molecule has 1 amide bonds. The molecule has 1 aliphatic rings. The molecular formula is C12H15NOS. The molecule has 0 atom stereocenters. The Morgan fingerprint density at radius 3 is 2.73 bits per heavy atom. The van der Waals surface area contributed by atoms with Crippen LogP contribution in [0, 0.1) is 5.92 Å². The number of nitrogens with one attached hydrogen (secondary N) is 1. The largest absolute Gasteiger partial charge is 0.355 e. The summed E-state index contributed by atoms with van der Waals surface area (Å²) in [6.07, 6.45) is 2.16. The lowest BCUT2D eigenvalue weighted by Gasteiger charge is -2.03. The van der Waals surface area contributed by atoms with Gasteiger partial charge in [-0.2, -0.15) is 0 Å². The second kappa shape index (κ2) is 5.21. The Morgan fingerprint density at radius 2 is 2.07 bits per heavy atom. The van der Waals surface area contributed by atoms with Crippen LogP contribution >= 0.6 is 11.8 Å². The number of benzene rings is 1. The zero-order chi connectivity index (χ0) is 10.5. The van der Waals surface area contributed by atoms with E-state index in [0.717, 1.165) is 25.1 Å². The van der Waals surface area contributed by atoms with Crippen molar-refractivity contribution in [2.45, 2.75) is 17.7 Å². The molecule has 0 radical (unpaired) electrons. The van der Waals surface area contributed by atoms with Crippen LogP contribution in [0.5, 0.6) is 0 Å². The molecule has 1 saturated carbocycles. The third-order valence-corrected chi connectivity index (χ3v) is 3.38. The average Bonchev–Trinajstić information content (AvgIpc) is 3.09. The predicted molar refractivity (Wildman–Crippen MR) is 62.9 cm³/mol. The van der Waals surface area contributed by atoms with E-state index >= 15 is 0 Å². The molecule has 0 spiro atoms. The van der Waals surface area contributed by atoms with Crippen molar-refractivity contribution in [3.8, 4) is 0 Å². The topological polar surface area (TPSA) is 29.1 Å². The quantitative estimate of drug-likeness (QED) is 0.610. The minimum Gasteiger partial charge on any atom is -0.355 e. The van der Waals surface area contributed by atoms with Gasteiger partial charge in [-0.3, -0.25) is 4.79 Å². The molecule has 1 N–H and O–H groups in total. The number of hydrogen-bond acceptors (Lipinski definition) is 2. The molecule has 1 aromatic carbocycles. The van der Waals surface area contributed by atoms with Crippen LogP contribution in [0.1, 0.15) is 12.8 Å². The van der Waals surface area contributed by atoms with Crippen LogP contribution in [0.15, 0.2) is 35.2 Å². The zero-order valence-electron chi connectivity index (χ0n) is 8.61. The monoisotopic (exact) mass is 221 g/mol. The Hall–Kier alpha value is -0.960. The maximum atomic E-state index is 11.3. The van der Waals surface area contributed by atoms with Crippen molar-refractivity contribution < 1.29 is 4.79 Å². The molecule has 0 unspecified atom stereocenters. The fourth-order valence-corrected chi connectivity index (χ4v) is 2.14. The molecule has 0 heterocycles. The Kier molecular flexibility index (Phi) is 3.67. The highest BCUT2D eigenvalue weighted by Gasteiger charge is 2.28. The van der Waals surface area contributed by atoms with Crippen molar-refractivity contribution in [3.05, 3.63) is 30.3 Å². The number of carbonyl (C=O) groups excluding carboxylic acids is 1. The first-order valence-electron chi connectivity index (χ1n) is 5.32. The molecule has 1 aliphatic carbocycles. The van der Waals surface area contributed by atoms with E-state index in [1.165, 1.54) is 4.90 Å². The van der Waals surface area contributed by atoms with Crippen molar-refractivity contribution in [3.63, 3.8) is 0 Å². The summed E-state index contributed by atoms with van der Waals surface area (Å²) in [5, 5.41) is 2.96. The molecule has 2 nitrogen and oxygen atoms in total. The summed E-state index contributed by atoms with van der Waals surface area (Å²) >= 11 is 1.78. The van der Waals surface area contributed by atoms with E-state index in [-0.39, 0.29) is 5.91 Å². The maximum Gasteiger partial charge on any atom is 0.223 e. The number of thioether (sulfide) groups is 1. The van der Waals surface area contributed by atoms with Gasteiger partial charge in [0.25, 0.3) is 0 Å². The van der Waals surface area contributed by atoms with Gasteiger partial charge >= 0.3 is 0 Å². The summed E-state index contributed by atoms with van der Waals surface area (Å²) in [7, 11) is 0. The minimum absolute atomic E-state index is 0.240. The molecule has 0 saturated heterocycles. The van der Waals surface area contributed by atoms with Crippen LogP contribution in [0.3, 0.4) is 0 Å². The van der Waals surface area contributed by atoms with Gasteiger partial charge in [-0.1, -0.05) is 18.2 Å². The number of carbonyl (C=O) groups is 1. The van der Waals surface area contributed by atoms with Gasteiger partial charge < -0.3 is 5.32 Å². The fraction of sp³-hybridized carbons (Fsp3) is 0.417. The van der Waals surface area contributed by atoms with E-state index in [1.807, 2.05) is 18.2 Å². The highest BCUT2D eigenvalue weighted by atomic mass is 32.2.